The Balaban J connectivity index is 1.48. The standard InChI is InChI=1S/C22H34N4O2/c1-22(2,3)28-21(27)26-13-11-16(12-14-26)15-24-20(23)25-19-10-6-8-17-7-4-5-9-18(17)19/h6,8,10,16H,4-5,7,9,11-15H2,1-3H3,(H3,23,24,25). The van der Waals surface area contributed by atoms with E-state index >= 15 is 0 Å². The molecule has 1 aromatic carbocycles. The van der Waals surface area contributed by atoms with Gasteiger partial charge in [-0.15, -0.1) is 0 Å². The minimum atomic E-state index is -0.449. The zero-order valence-corrected chi connectivity index (χ0v) is 17.5. The number of carbonyl (C=O) groups is 1. The van der Waals surface area contributed by atoms with E-state index in [0.29, 0.717) is 31.5 Å². The number of aryl methyl sites for hydroxylation is 1. The molecule has 0 atom stereocenters. The van der Waals surface area contributed by atoms with E-state index in [0.717, 1.165) is 31.4 Å². The van der Waals surface area contributed by atoms with Crippen LogP contribution in [-0.4, -0.2) is 42.2 Å². The van der Waals surface area contributed by atoms with Crippen molar-refractivity contribution in [3.8, 4) is 0 Å². The Morgan fingerprint density at radius 3 is 2.68 bits per heavy atom. The third-order valence-corrected chi connectivity index (χ3v) is 5.44. The Morgan fingerprint density at radius 2 is 1.96 bits per heavy atom. The third-order valence-electron chi connectivity index (χ3n) is 5.44. The lowest BCUT2D eigenvalue weighted by Gasteiger charge is -2.33. The van der Waals surface area contributed by atoms with E-state index in [1.54, 1.807) is 4.90 Å². The van der Waals surface area contributed by atoms with Gasteiger partial charge in [-0.05, 0) is 82.4 Å². The lowest BCUT2D eigenvalue weighted by atomic mass is 9.90. The summed E-state index contributed by atoms with van der Waals surface area (Å²) in [6, 6.07) is 6.39. The van der Waals surface area contributed by atoms with Crippen LogP contribution in [-0.2, 0) is 17.6 Å². The number of aliphatic imine (C=N–C) groups is 1. The Bertz CT molecular complexity index is 716. The monoisotopic (exact) mass is 386 g/mol. The van der Waals surface area contributed by atoms with Crippen LogP contribution in [0.15, 0.2) is 23.2 Å². The molecule has 1 aliphatic heterocycles. The van der Waals surface area contributed by atoms with E-state index in [1.807, 2.05) is 20.8 Å². The van der Waals surface area contributed by atoms with Crippen molar-refractivity contribution < 1.29 is 9.53 Å². The molecule has 0 aromatic heterocycles. The van der Waals surface area contributed by atoms with Crippen molar-refractivity contribution in [2.24, 2.45) is 16.6 Å². The first-order chi connectivity index (χ1) is 13.3. The molecule has 0 radical (unpaired) electrons. The first kappa shape index (κ1) is 20.5. The Labute approximate surface area is 168 Å². The number of hydrogen-bond acceptors (Lipinski definition) is 3. The van der Waals surface area contributed by atoms with Crippen molar-refractivity contribution in [3.63, 3.8) is 0 Å². The third kappa shape index (κ3) is 5.63. The summed E-state index contributed by atoms with van der Waals surface area (Å²) in [5, 5.41) is 3.31. The van der Waals surface area contributed by atoms with E-state index < -0.39 is 5.60 Å². The van der Waals surface area contributed by atoms with Crippen LogP contribution in [0.2, 0.25) is 0 Å². The van der Waals surface area contributed by atoms with Crippen molar-refractivity contribution in [2.45, 2.75) is 64.9 Å². The van der Waals surface area contributed by atoms with Crippen molar-refractivity contribution in [1.82, 2.24) is 4.90 Å². The summed E-state index contributed by atoms with van der Waals surface area (Å²) in [6.45, 7) is 7.81. The van der Waals surface area contributed by atoms with Crippen molar-refractivity contribution >= 4 is 17.7 Å². The number of carbonyl (C=O) groups excluding carboxylic acids is 1. The zero-order chi connectivity index (χ0) is 20.1. The second-order valence-electron chi connectivity index (χ2n) is 8.91. The number of rotatable bonds is 3. The molecule has 0 spiro atoms. The van der Waals surface area contributed by atoms with Crippen LogP contribution in [0.5, 0.6) is 0 Å². The molecule has 1 amide bonds. The van der Waals surface area contributed by atoms with E-state index in [9.17, 15) is 4.79 Å². The van der Waals surface area contributed by atoms with Crippen LogP contribution in [0.25, 0.3) is 0 Å². The van der Waals surface area contributed by atoms with Crippen LogP contribution in [0.4, 0.5) is 10.5 Å². The van der Waals surface area contributed by atoms with E-state index in [-0.39, 0.29) is 6.09 Å². The fraction of sp³-hybridized carbons (Fsp3) is 0.636. The second kappa shape index (κ2) is 8.84. The molecule has 0 bridgehead atoms. The fourth-order valence-corrected chi connectivity index (χ4v) is 3.93. The van der Waals surface area contributed by atoms with Gasteiger partial charge in [0.05, 0.1) is 0 Å². The number of benzene rings is 1. The number of amides is 1. The maximum atomic E-state index is 12.2. The molecular formula is C22H34N4O2. The minimum Gasteiger partial charge on any atom is -0.444 e. The molecule has 3 rings (SSSR count). The lowest BCUT2D eigenvalue weighted by Crippen LogP contribution is -2.42. The van der Waals surface area contributed by atoms with Crippen LogP contribution < -0.4 is 11.1 Å². The summed E-state index contributed by atoms with van der Waals surface area (Å²) in [6.07, 6.45) is 6.39. The maximum Gasteiger partial charge on any atom is 0.410 e. The normalized spacial score (nSPS) is 18.5. The molecule has 0 saturated carbocycles. The first-order valence-corrected chi connectivity index (χ1v) is 10.5. The van der Waals surface area contributed by atoms with Gasteiger partial charge in [-0.1, -0.05) is 12.1 Å². The number of anilines is 1. The van der Waals surface area contributed by atoms with E-state index in [2.05, 4.69) is 28.5 Å². The predicted molar refractivity (Wildman–Crippen MR) is 114 cm³/mol. The second-order valence-corrected chi connectivity index (χ2v) is 8.91. The van der Waals surface area contributed by atoms with Gasteiger partial charge in [0.25, 0.3) is 0 Å². The van der Waals surface area contributed by atoms with Crippen molar-refractivity contribution in [3.05, 3.63) is 29.3 Å². The number of nitrogens with two attached hydrogens (primary N) is 1. The van der Waals surface area contributed by atoms with Crippen LogP contribution in [0.3, 0.4) is 0 Å². The SMILES string of the molecule is CC(C)(C)OC(=O)N1CCC(CN=C(N)Nc2cccc3c2CCCC3)CC1. The number of hydrogen-bond donors (Lipinski definition) is 2. The Kier molecular flexibility index (Phi) is 6.47. The summed E-state index contributed by atoms with van der Waals surface area (Å²) >= 11 is 0. The van der Waals surface area contributed by atoms with Gasteiger partial charge >= 0.3 is 6.09 Å². The molecule has 6 heteroatoms. The minimum absolute atomic E-state index is 0.218. The van der Waals surface area contributed by atoms with Crippen LogP contribution in [0.1, 0.15) is 57.6 Å². The molecule has 0 unspecified atom stereocenters. The average Bonchev–Trinajstić information content (AvgIpc) is 2.66. The smallest absolute Gasteiger partial charge is 0.410 e. The molecule has 1 saturated heterocycles. The van der Waals surface area contributed by atoms with Gasteiger partial charge in [-0.3, -0.25) is 4.99 Å². The molecule has 1 aliphatic carbocycles. The quantitative estimate of drug-likeness (QED) is 0.609. The number of ether oxygens (including phenoxy) is 1. The largest absolute Gasteiger partial charge is 0.444 e. The van der Waals surface area contributed by atoms with Gasteiger partial charge in [0.1, 0.15) is 5.60 Å². The number of nitrogens with zero attached hydrogens (tertiary/aromatic N) is 2. The molecular weight excluding hydrogens is 352 g/mol. The molecule has 2 aliphatic rings. The summed E-state index contributed by atoms with van der Waals surface area (Å²) in [5.74, 6) is 0.928. The van der Waals surface area contributed by atoms with Crippen molar-refractivity contribution in [2.75, 3.05) is 25.0 Å². The van der Waals surface area contributed by atoms with E-state index in [1.165, 1.54) is 24.0 Å². The summed E-state index contributed by atoms with van der Waals surface area (Å²) in [5.41, 5.74) is 9.62. The van der Waals surface area contributed by atoms with Crippen LogP contribution >= 0.6 is 0 Å². The van der Waals surface area contributed by atoms with Gasteiger partial charge < -0.3 is 20.7 Å². The number of piperidine rings is 1. The molecule has 3 N–H and O–H groups in total. The number of nitrogens with one attached hydrogen (secondary N) is 1. The molecule has 1 heterocycles. The van der Waals surface area contributed by atoms with E-state index in [4.69, 9.17) is 10.5 Å². The Morgan fingerprint density at radius 1 is 1.25 bits per heavy atom. The van der Waals surface area contributed by atoms with Gasteiger partial charge in [-0.2, -0.15) is 0 Å². The van der Waals surface area contributed by atoms with Crippen LogP contribution in [0, 0.1) is 5.92 Å². The van der Waals surface area contributed by atoms with Gasteiger partial charge in [-0.25, -0.2) is 4.79 Å². The summed E-state index contributed by atoms with van der Waals surface area (Å²) in [7, 11) is 0. The molecule has 1 aromatic rings. The zero-order valence-electron chi connectivity index (χ0n) is 17.5. The molecule has 154 valence electrons. The maximum absolute atomic E-state index is 12.2. The fourth-order valence-electron chi connectivity index (χ4n) is 3.93. The topological polar surface area (TPSA) is 80.0 Å². The van der Waals surface area contributed by atoms with Gasteiger partial charge in [0, 0.05) is 25.3 Å². The molecule has 1 fully saturated rings. The average molecular weight is 387 g/mol. The first-order valence-electron chi connectivity index (χ1n) is 10.5. The highest BCUT2D eigenvalue weighted by Gasteiger charge is 2.26. The number of guanidine groups is 1. The summed E-state index contributed by atoms with van der Waals surface area (Å²) < 4.78 is 5.45. The lowest BCUT2D eigenvalue weighted by molar-refractivity contribution is 0.0187. The highest BCUT2D eigenvalue weighted by atomic mass is 16.6. The highest BCUT2D eigenvalue weighted by Crippen LogP contribution is 2.27. The van der Waals surface area contributed by atoms with Gasteiger partial charge in [0.15, 0.2) is 5.96 Å². The Hall–Kier alpha value is -2.24. The molecule has 6 nitrogen and oxygen atoms in total. The number of fused-ring (bicyclic) bond motifs is 1. The van der Waals surface area contributed by atoms with Gasteiger partial charge in [0.2, 0.25) is 0 Å². The number of likely N-dealkylation sites (tertiary alicyclic amines) is 1. The predicted octanol–water partition coefficient (Wildman–Crippen LogP) is 3.94. The summed E-state index contributed by atoms with van der Waals surface area (Å²) in [4.78, 5) is 18.5. The van der Waals surface area contributed by atoms with Crippen molar-refractivity contribution in [1.29, 1.82) is 0 Å². The molecule has 28 heavy (non-hydrogen) atoms. The highest BCUT2D eigenvalue weighted by molar-refractivity contribution is 5.93.